The van der Waals surface area contributed by atoms with E-state index in [9.17, 15) is 18.0 Å². The van der Waals surface area contributed by atoms with Gasteiger partial charge in [-0.3, -0.25) is 4.79 Å². The number of ether oxygens (including phenoxy) is 1. The van der Waals surface area contributed by atoms with Gasteiger partial charge in [0.05, 0.1) is 0 Å². The minimum atomic E-state index is -4.70. The molecule has 1 heterocycles. The van der Waals surface area contributed by atoms with Crippen molar-refractivity contribution in [3.63, 3.8) is 0 Å². The van der Waals surface area contributed by atoms with Crippen LogP contribution in [0.2, 0.25) is 0 Å². The van der Waals surface area contributed by atoms with Crippen LogP contribution in [0.4, 0.5) is 13.2 Å². The van der Waals surface area contributed by atoms with Crippen LogP contribution in [0.1, 0.15) is 18.4 Å². The number of rotatable bonds is 4. The minimum Gasteiger partial charge on any atom is -0.405 e. The summed E-state index contributed by atoms with van der Waals surface area (Å²) in [7, 11) is 0. The van der Waals surface area contributed by atoms with Crippen LogP contribution >= 0.6 is 0 Å². The molecule has 0 radical (unpaired) electrons. The summed E-state index contributed by atoms with van der Waals surface area (Å²) in [6, 6.07) is 6.07. The molecule has 0 aliphatic carbocycles. The molecule has 1 atom stereocenters. The Labute approximate surface area is 114 Å². The predicted molar refractivity (Wildman–Crippen MR) is 66.0 cm³/mol. The lowest BCUT2D eigenvalue weighted by Gasteiger charge is -2.24. The van der Waals surface area contributed by atoms with E-state index < -0.39 is 6.36 Å². The smallest absolute Gasteiger partial charge is 0.405 e. The molecule has 2 N–H and O–H groups in total. The molecule has 1 aliphatic rings. The monoisotopic (exact) mass is 288 g/mol. The number of carbonyl (C=O) groups is 1. The fourth-order valence-corrected chi connectivity index (χ4v) is 2.04. The van der Waals surface area contributed by atoms with Crippen LogP contribution in [0.25, 0.3) is 0 Å². The molecule has 0 saturated carbocycles. The molecule has 20 heavy (non-hydrogen) atoms. The number of piperidine rings is 1. The molecular formula is C13H15F3N2O2. The van der Waals surface area contributed by atoms with Crippen LogP contribution in [-0.2, 0) is 11.3 Å². The summed E-state index contributed by atoms with van der Waals surface area (Å²) >= 11 is 0. The van der Waals surface area contributed by atoms with E-state index in [1.54, 1.807) is 12.1 Å². The van der Waals surface area contributed by atoms with Crippen LogP contribution in [-0.4, -0.2) is 24.9 Å². The average Bonchev–Trinajstić information content (AvgIpc) is 2.38. The van der Waals surface area contributed by atoms with Gasteiger partial charge in [-0.2, -0.15) is 0 Å². The molecule has 1 unspecified atom stereocenters. The van der Waals surface area contributed by atoms with Crippen molar-refractivity contribution in [2.75, 3.05) is 6.54 Å². The zero-order valence-corrected chi connectivity index (χ0v) is 10.7. The van der Waals surface area contributed by atoms with Crippen molar-refractivity contribution < 1.29 is 22.7 Å². The molecule has 1 fully saturated rings. The lowest BCUT2D eigenvalue weighted by atomic mass is 10.1. The number of halogens is 3. The molecule has 1 amide bonds. The molecule has 1 aliphatic heterocycles. The summed E-state index contributed by atoms with van der Waals surface area (Å²) in [4.78, 5) is 11.0. The van der Waals surface area contributed by atoms with Gasteiger partial charge in [0.25, 0.3) is 0 Å². The highest BCUT2D eigenvalue weighted by Gasteiger charge is 2.32. The molecule has 1 aromatic carbocycles. The Hall–Kier alpha value is -1.76. The Kier molecular flexibility index (Phi) is 4.49. The average molecular weight is 288 g/mol. The van der Waals surface area contributed by atoms with Crippen LogP contribution < -0.4 is 15.4 Å². The zero-order chi connectivity index (χ0) is 14.6. The SMILES string of the molecule is O=C1CCC(NCc2ccccc2OC(F)(F)F)CN1. The lowest BCUT2D eigenvalue weighted by molar-refractivity contribution is -0.274. The first-order chi connectivity index (χ1) is 9.44. The van der Waals surface area contributed by atoms with E-state index in [-0.39, 0.29) is 24.2 Å². The van der Waals surface area contributed by atoms with E-state index in [4.69, 9.17) is 0 Å². The summed E-state index contributed by atoms with van der Waals surface area (Å²) < 4.78 is 40.8. The first-order valence-corrected chi connectivity index (χ1v) is 6.28. The quantitative estimate of drug-likeness (QED) is 0.890. The Morgan fingerprint density at radius 1 is 1.35 bits per heavy atom. The normalized spacial score (nSPS) is 19.6. The molecule has 0 aromatic heterocycles. The molecule has 110 valence electrons. The van der Waals surface area contributed by atoms with Gasteiger partial charge in [-0.05, 0) is 12.5 Å². The van der Waals surface area contributed by atoms with Crippen molar-refractivity contribution in [1.82, 2.24) is 10.6 Å². The van der Waals surface area contributed by atoms with Crippen LogP contribution in [0.5, 0.6) is 5.75 Å². The van der Waals surface area contributed by atoms with E-state index in [0.717, 1.165) is 0 Å². The first kappa shape index (κ1) is 14.6. The third kappa shape index (κ3) is 4.41. The summed E-state index contributed by atoms with van der Waals surface area (Å²) in [6.45, 7) is 0.744. The largest absolute Gasteiger partial charge is 0.573 e. The summed E-state index contributed by atoms with van der Waals surface area (Å²) in [5, 5.41) is 5.83. The van der Waals surface area contributed by atoms with E-state index in [2.05, 4.69) is 15.4 Å². The van der Waals surface area contributed by atoms with Crippen LogP contribution in [0.3, 0.4) is 0 Å². The maximum absolute atomic E-state index is 12.3. The van der Waals surface area contributed by atoms with Crippen molar-refractivity contribution in [2.45, 2.75) is 31.8 Å². The fourth-order valence-electron chi connectivity index (χ4n) is 2.04. The summed E-state index contributed by atoms with van der Waals surface area (Å²) in [6.07, 6.45) is -3.60. The Balaban J connectivity index is 1.94. The maximum atomic E-state index is 12.3. The van der Waals surface area contributed by atoms with Gasteiger partial charge in [-0.1, -0.05) is 18.2 Å². The highest BCUT2D eigenvalue weighted by atomic mass is 19.4. The second-order valence-electron chi connectivity index (χ2n) is 4.58. The summed E-state index contributed by atoms with van der Waals surface area (Å²) in [5.41, 5.74) is 0.432. The predicted octanol–water partition coefficient (Wildman–Crippen LogP) is 1.95. The van der Waals surface area contributed by atoms with Crippen LogP contribution in [0, 0.1) is 0 Å². The van der Waals surface area contributed by atoms with Gasteiger partial charge >= 0.3 is 6.36 Å². The van der Waals surface area contributed by atoms with Gasteiger partial charge in [-0.15, -0.1) is 13.2 Å². The van der Waals surface area contributed by atoms with Gasteiger partial charge in [-0.25, -0.2) is 0 Å². The van der Waals surface area contributed by atoms with Crippen LogP contribution in [0.15, 0.2) is 24.3 Å². The molecule has 7 heteroatoms. The molecular weight excluding hydrogens is 273 g/mol. The van der Waals surface area contributed by atoms with Gasteiger partial charge in [0.1, 0.15) is 5.75 Å². The first-order valence-electron chi connectivity index (χ1n) is 6.28. The van der Waals surface area contributed by atoms with E-state index in [1.807, 2.05) is 0 Å². The molecule has 2 rings (SSSR count). The number of hydrogen-bond acceptors (Lipinski definition) is 3. The number of hydrogen-bond donors (Lipinski definition) is 2. The van der Waals surface area contributed by atoms with E-state index in [0.29, 0.717) is 24.9 Å². The van der Waals surface area contributed by atoms with Gasteiger partial charge in [0.15, 0.2) is 0 Å². The maximum Gasteiger partial charge on any atom is 0.573 e. The molecule has 4 nitrogen and oxygen atoms in total. The third-order valence-electron chi connectivity index (χ3n) is 3.04. The molecule has 1 saturated heterocycles. The Morgan fingerprint density at radius 3 is 2.75 bits per heavy atom. The van der Waals surface area contributed by atoms with Crippen molar-refractivity contribution in [2.24, 2.45) is 0 Å². The second kappa shape index (κ2) is 6.13. The van der Waals surface area contributed by atoms with Crippen molar-refractivity contribution >= 4 is 5.91 Å². The molecule has 1 aromatic rings. The van der Waals surface area contributed by atoms with Crippen molar-refractivity contribution in [3.8, 4) is 5.75 Å². The molecule has 0 bridgehead atoms. The Morgan fingerprint density at radius 2 is 2.10 bits per heavy atom. The van der Waals surface area contributed by atoms with Gasteiger partial charge < -0.3 is 15.4 Å². The van der Waals surface area contributed by atoms with Crippen molar-refractivity contribution in [1.29, 1.82) is 0 Å². The second-order valence-corrected chi connectivity index (χ2v) is 4.58. The topological polar surface area (TPSA) is 50.4 Å². The standard InChI is InChI=1S/C13H15F3N2O2/c14-13(15,16)20-11-4-2-1-3-9(11)7-17-10-5-6-12(19)18-8-10/h1-4,10,17H,5-8H2,(H,18,19). The van der Waals surface area contributed by atoms with E-state index in [1.165, 1.54) is 12.1 Å². The minimum absolute atomic E-state index is 0.00357. The number of amides is 1. The number of carbonyl (C=O) groups excluding carboxylic acids is 1. The number of para-hydroxylation sites is 1. The highest BCUT2D eigenvalue weighted by molar-refractivity contribution is 5.76. The number of nitrogens with one attached hydrogen (secondary N) is 2. The van der Waals surface area contributed by atoms with Crippen molar-refractivity contribution in [3.05, 3.63) is 29.8 Å². The highest BCUT2D eigenvalue weighted by Crippen LogP contribution is 2.26. The number of alkyl halides is 3. The fraction of sp³-hybridized carbons (Fsp3) is 0.462. The van der Waals surface area contributed by atoms with Gasteiger partial charge in [0, 0.05) is 31.1 Å². The van der Waals surface area contributed by atoms with E-state index >= 15 is 0 Å². The zero-order valence-electron chi connectivity index (χ0n) is 10.7. The van der Waals surface area contributed by atoms with Gasteiger partial charge in [0.2, 0.25) is 5.91 Å². The number of benzene rings is 1. The Bertz CT molecular complexity index is 467. The summed E-state index contributed by atoms with van der Waals surface area (Å²) in [5.74, 6) is -0.198. The molecule has 0 spiro atoms. The third-order valence-corrected chi connectivity index (χ3v) is 3.04. The lowest BCUT2D eigenvalue weighted by Crippen LogP contribution is -2.45.